The summed E-state index contributed by atoms with van der Waals surface area (Å²) in [7, 11) is -3.83. The Morgan fingerprint density at radius 2 is 1.55 bits per heavy atom. The number of sulfone groups is 1. The van der Waals surface area contributed by atoms with Crippen LogP contribution in [0.5, 0.6) is 0 Å². The fourth-order valence-electron chi connectivity index (χ4n) is 6.84. The predicted molar refractivity (Wildman–Crippen MR) is 123 cm³/mol. The van der Waals surface area contributed by atoms with Gasteiger partial charge in [0, 0.05) is 5.92 Å². The highest BCUT2D eigenvalue weighted by molar-refractivity contribution is 7.93. The molecule has 31 heavy (non-hydrogen) atoms. The molecule has 2 aromatic carbocycles. The molecule has 0 radical (unpaired) electrons. The molecule has 0 aromatic heterocycles. The molecule has 5 rings (SSSR count). The first kappa shape index (κ1) is 20.7. The Labute approximate surface area is 185 Å². The van der Waals surface area contributed by atoms with E-state index in [0.29, 0.717) is 5.92 Å². The highest BCUT2D eigenvalue weighted by Crippen LogP contribution is 2.73. The lowest BCUT2D eigenvalue weighted by Crippen LogP contribution is -2.45. The first-order valence-corrected chi connectivity index (χ1v) is 12.7. The second-order valence-electron chi connectivity index (χ2n) is 10.4. The van der Waals surface area contributed by atoms with Gasteiger partial charge in [-0.25, -0.2) is 8.42 Å². The van der Waals surface area contributed by atoms with E-state index in [1.54, 1.807) is 30.3 Å². The van der Waals surface area contributed by atoms with Crippen LogP contribution in [-0.4, -0.2) is 19.5 Å². The number of rotatable bonds is 3. The van der Waals surface area contributed by atoms with Gasteiger partial charge < -0.3 is 0 Å². The fraction of sp³-hybridized carbons (Fsp3) is 0.444. The highest BCUT2D eigenvalue weighted by Gasteiger charge is 2.67. The van der Waals surface area contributed by atoms with Crippen LogP contribution in [0.4, 0.5) is 0 Å². The van der Waals surface area contributed by atoms with E-state index in [9.17, 15) is 13.2 Å². The minimum absolute atomic E-state index is 0.0410. The number of benzene rings is 2. The number of fused-ring (bicyclic) bond motifs is 5. The van der Waals surface area contributed by atoms with Crippen LogP contribution in [0.1, 0.15) is 50.7 Å². The second-order valence-corrected chi connectivity index (χ2v) is 12.5. The van der Waals surface area contributed by atoms with Crippen molar-refractivity contribution in [1.29, 1.82) is 0 Å². The van der Waals surface area contributed by atoms with Crippen LogP contribution in [0.25, 0.3) is 0 Å². The molecule has 3 nitrogen and oxygen atoms in total. The Hall–Kier alpha value is -2.20. The molecule has 3 aliphatic carbocycles. The molecule has 162 valence electrons. The van der Waals surface area contributed by atoms with Crippen LogP contribution in [-0.2, 0) is 14.6 Å². The van der Waals surface area contributed by atoms with E-state index in [2.05, 4.69) is 20.8 Å². The highest BCUT2D eigenvalue weighted by atomic mass is 32.2. The third-order valence-corrected chi connectivity index (χ3v) is 11.0. The van der Waals surface area contributed by atoms with Crippen molar-refractivity contribution in [2.75, 3.05) is 0 Å². The molecular formula is C27H30O3S. The Balaban J connectivity index is 1.73. The van der Waals surface area contributed by atoms with Crippen LogP contribution in [0.15, 0.2) is 71.1 Å². The molecular weight excluding hydrogens is 404 g/mol. The molecule has 0 spiro atoms. The molecule has 2 bridgehead atoms. The largest absolute Gasteiger partial charge is 0.293 e. The summed E-state index contributed by atoms with van der Waals surface area (Å²) in [6.07, 6.45) is 3.87. The summed E-state index contributed by atoms with van der Waals surface area (Å²) in [5, 5.41) is -1.08. The Morgan fingerprint density at radius 1 is 0.903 bits per heavy atom. The maximum Gasteiger partial charge on any atom is 0.189 e. The van der Waals surface area contributed by atoms with Crippen LogP contribution >= 0.6 is 0 Å². The Bertz CT molecular complexity index is 1170. The fourth-order valence-corrected chi connectivity index (χ4v) is 8.74. The summed E-state index contributed by atoms with van der Waals surface area (Å²) in [5.74, 6) is -0.159. The third kappa shape index (κ3) is 2.70. The second kappa shape index (κ2) is 6.65. The van der Waals surface area contributed by atoms with E-state index in [1.807, 2.05) is 37.3 Å². The normalized spacial score (nSPS) is 33.8. The summed E-state index contributed by atoms with van der Waals surface area (Å²) in [6.45, 7) is 8.82. The van der Waals surface area contributed by atoms with Crippen molar-refractivity contribution in [3.63, 3.8) is 0 Å². The standard InChI is InChI=1S/C27H30O3S/c1-17-10-12-19(13-11-17)31(29,30)25-22(28)16-21-24(23(25)18-8-6-5-7-9-18)20-14-15-27(21,4)26(20,2)3/h5-13,16,20,23-25H,14-15H2,1-4H3/t20?,23-,24+,25-,27?/m0/s1. The van der Waals surface area contributed by atoms with Gasteiger partial charge in [-0.3, -0.25) is 4.79 Å². The van der Waals surface area contributed by atoms with Crippen LogP contribution in [0, 0.1) is 29.6 Å². The van der Waals surface area contributed by atoms with Gasteiger partial charge in [0.1, 0.15) is 5.25 Å². The van der Waals surface area contributed by atoms with Gasteiger partial charge in [-0.15, -0.1) is 0 Å². The Kier molecular flexibility index (Phi) is 4.44. The molecule has 2 saturated carbocycles. The van der Waals surface area contributed by atoms with Gasteiger partial charge in [-0.1, -0.05) is 74.4 Å². The SMILES string of the molecule is Cc1ccc(S(=O)(=O)[C@H]2C(=O)C=C3[C@@H](C4CCC3(C)C4(C)C)[C@@H]2c2ccccc2)cc1. The average Bonchev–Trinajstić information content (AvgIpc) is 3.06. The molecule has 0 amide bonds. The number of aryl methyl sites for hydroxylation is 1. The van der Waals surface area contributed by atoms with E-state index in [1.165, 1.54) is 5.57 Å². The molecule has 0 heterocycles. The van der Waals surface area contributed by atoms with Crippen molar-refractivity contribution in [3.8, 4) is 0 Å². The number of allylic oxidation sites excluding steroid dienone is 2. The first-order chi connectivity index (χ1) is 14.6. The molecule has 2 fully saturated rings. The molecule has 5 atom stereocenters. The van der Waals surface area contributed by atoms with E-state index in [-0.39, 0.29) is 33.3 Å². The summed E-state index contributed by atoms with van der Waals surface area (Å²) in [6, 6.07) is 16.7. The van der Waals surface area contributed by atoms with E-state index < -0.39 is 15.1 Å². The molecule has 4 heteroatoms. The molecule has 2 aromatic rings. The zero-order valence-corrected chi connectivity index (χ0v) is 19.4. The maximum absolute atomic E-state index is 13.9. The van der Waals surface area contributed by atoms with Gasteiger partial charge in [0.2, 0.25) is 0 Å². The first-order valence-electron chi connectivity index (χ1n) is 11.2. The van der Waals surface area contributed by atoms with Gasteiger partial charge in [0.15, 0.2) is 15.6 Å². The van der Waals surface area contributed by atoms with Crippen LogP contribution in [0.3, 0.4) is 0 Å². The minimum atomic E-state index is -3.83. The monoisotopic (exact) mass is 434 g/mol. The average molecular weight is 435 g/mol. The quantitative estimate of drug-likeness (QED) is 0.641. The molecule has 0 saturated heterocycles. The zero-order chi connectivity index (χ0) is 22.2. The van der Waals surface area contributed by atoms with Crippen molar-refractivity contribution in [3.05, 3.63) is 77.4 Å². The van der Waals surface area contributed by atoms with Crippen LogP contribution < -0.4 is 0 Å². The molecule has 2 unspecified atom stereocenters. The lowest BCUT2D eigenvalue weighted by atomic mass is 9.64. The molecule has 3 aliphatic rings. The van der Waals surface area contributed by atoms with Gasteiger partial charge in [-0.05, 0) is 66.2 Å². The predicted octanol–water partition coefficient (Wildman–Crippen LogP) is 5.50. The van der Waals surface area contributed by atoms with Crippen molar-refractivity contribution < 1.29 is 13.2 Å². The summed E-state index contributed by atoms with van der Waals surface area (Å²) >= 11 is 0. The Morgan fingerprint density at radius 3 is 2.19 bits per heavy atom. The van der Waals surface area contributed by atoms with Crippen molar-refractivity contribution in [1.82, 2.24) is 0 Å². The summed E-state index contributed by atoms with van der Waals surface area (Å²) in [5.41, 5.74) is 3.13. The van der Waals surface area contributed by atoms with E-state index >= 15 is 0 Å². The van der Waals surface area contributed by atoms with Gasteiger partial charge in [0.25, 0.3) is 0 Å². The van der Waals surface area contributed by atoms with Gasteiger partial charge in [0.05, 0.1) is 4.90 Å². The van der Waals surface area contributed by atoms with E-state index in [4.69, 9.17) is 0 Å². The van der Waals surface area contributed by atoms with Crippen molar-refractivity contribution >= 4 is 15.6 Å². The number of carbonyl (C=O) groups excluding carboxylic acids is 1. The molecule has 0 N–H and O–H groups in total. The smallest absolute Gasteiger partial charge is 0.189 e. The van der Waals surface area contributed by atoms with Crippen LogP contribution in [0.2, 0.25) is 0 Å². The third-order valence-electron chi connectivity index (χ3n) is 8.89. The lowest BCUT2D eigenvalue weighted by Gasteiger charge is -2.42. The lowest BCUT2D eigenvalue weighted by molar-refractivity contribution is -0.115. The zero-order valence-electron chi connectivity index (χ0n) is 18.6. The topological polar surface area (TPSA) is 51.2 Å². The summed E-state index contributed by atoms with van der Waals surface area (Å²) < 4.78 is 27.8. The number of carbonyl (C=O) groups is 1. The number of hydrogen-bond acceptors (Lipinski definition) is 3. The number of hydrogen-bond donors (Lipinski definition) is 0. The summed E-state index contributed by atoms with van der Waals surface area (Å²) in [4.78, 5) is 13.8. The van der Waals surface area contributed by atoms with E-state index in [0.717, 1.165) is 24.0 Å². The molecule has 0 aliphatic heterocycles. The van der Waals surface area contributed by atoms with Crippen molar-refractivity contribution in [2.45, 2.75) is 56.6 Å². The van der Waals surface area contributed by atoms with Gasteiger partial charge >= 0.3 is 0 Å². The van der Waals surface area contributed by atoms with Crippen molar-refractivity contribution in [2.24, 2.45) is 22.7 Å². The maximum atomic E-state index is 13.9. The number of ketones is 1. The van der Waals surface area contributed by atoms with Gasteiger partial charge in [-0.2, -0.15) is 0 Å². The minimum Gasteiger partial charge on any atom is -0.293 e.